The summed E-state index contributed by atoms with van der Waals surface area (Å²) in [6.07, 6.45) is 0.404. The molecule has 74 valence electrons. The molecule has 0 aliphatic carbocycles. The number of hydrogen-bond acceptors (Lipinski definition) is 2. The van der Waals surface area contributed by atoms with Crippen molar-refractivity contribution in [3.63, 3.8) is 0 Å². The SMILES string of the molecule is CC1=C(C)C[C@@](C)(C(=O)O)S(=O)C1. The van der Waals surface area contributed by atoms with Crippen LogP contribution in [0.2, 0.25) is 0 Å². The van der Waals surface area contributed by atoms with E-state index in [2.05, 4.69) is 0 Å². The number of rotatable bonds is 1. The van der Waals surface area contributed by atoms with Crippen molar-refractivity contribution < 1.29 is 14.1 Å². The molecule has 0 amide bonds. The van der Waals surface area contributed by atoms with E-state index >= 15 is 0 Å². The van der Waals surface area contributed by atoms with Crippen molar-refractivity contribution in [2.75, 3.05) is 5.75 Å². The van der Waals surface area contributed by atoms with Crippen molar-refractivity contribution in [3.8, 4) is 0 Å². The van der Waals surface area contributed by atoms with Crippen LogP contribution in [0.15, 0.2) is 11.1 Å². The molecular formula is C9H14O3S. The Morgan fingerprint density at radius 3 is 2.46 bits per heavy atom. The lowest BCUT2D eigenvalue weighted by atomic mass is 9.98. The van der Waals surface area contributed by atoms with Crippen molar-refractivity contribution in [2.45, 2.75) is 31.9 Å². The third-order valence-electron chi connectivity index (χ3n) is 2.63. The van der Waals surface area contributed by atoms with E-state index in [4.69, 9.17) is 5.11 Å². The molecule has 0 bridgehead atoms. The van der Waals surface area contributed by atoms with E-state index in [0.29, 0.717) is 12.2 Å². The van der Waals surface area contributed by atoms with Gasteiger partial charge in [-0.3, -0.25) is 9.00 Å². The van der Waals surface area contributed by atoms with E-state index < -0.39 is 21.5 Å². The van der Waals surface area contributed by atoms with Crippen LogP contribution in [0.25, 0.3) is 0 Å². The summed E-state index contributed by atoms with van der Waals surface area (Å²) in [4.78, 5) is 10.9. The van der Waals surface area contributed by atoms with Gasteiger partial charge in [0.15, 0.2) is 0 Å². The summed E-state index contributed by atoms with van der Waals surface area (Å²) in [5.41, 5.74) is 2.13. The molecule has 13 heavy (non-hydrogen) atoms. The van der Waals surface area contributed by atoms with Gasteiger partial charge in [-0.05, 0) is 27.2 Å². The number of carboxylic acids is 1. The molecule has 1 N–H and O–H groups in total. The van der Waals surface area contributed by atoms with Crippen molar-refractivity contribution >= 4 is 16.8 Å². The standard InChI is InChI=1S/C9H14O3S/c1-6-4-9(3,8(10)11)13(12)5-7(6)2/h4-5H2,1-3H3,(H,10,11)/t9-,13?/m0/s1. The smallest absolute Gasteiger partial charge is 0.322 e. The van der Waals surface area contributed by atoms with E-state index in [1.54, 1.807) is 6.92 Å². The molecule has 0 aromatic rings. The monoisotopic (exact) mass is 202 g/mol. The van der Waals surface area contributed by atoms with Crippen LogP contribution in [-0.4, -0.2) is 25.8 Å². The van der Waals surface area contributed by atoms with E-state index in [1.165, 1.54) is 0 Å². The third-order valence-corrected chi connectivity index (χ3v) is 4.65. The zero-order chi connectivity index (χ0) is 10.2. The molecule has 0 saturated carbocycles. The van der Waals surface area contributed by atoms with Gasteiger partial charge in [-0.15, -0.1) is 0 Å². The molecule has 0 spiro atoms. The minimum atomic E-state index is -1.28. The lowest BCUT2D eigenvalue weighted by Gasteiger charge is -2.29. The first-order valence-corrected chi connectivity index (χ1v) is 5.47. The average molecular weight is 202 g/mol. The Kier molecular flexibility index (Phi) is 2.61. The highest BCUT2D eigenvalue weighted by Crippen LogP contribution is 2.31. The predicted octanol–water partition coefficient (Wildman–Crippen LogP) is 1.32. The Morgan fingerprint density at radius 2 is 2.00 bits per heavy atom. The zero-order valence-electron chi connectivity index (χ0n) is 8.09. The summed E-state index contributed by atoms with van der Waals surface area (Å²) in [7, 11) is -1.28. The number of carbonyl (C=O) groups is 1. The van der Waals surface area contributed by atoms with Crippen LogP contribution in [0.3, 0.4) is 0 Å². The lowest BCUT2D eigenvalue weighted by molar-refractivity contribution is -0.139. The minimum Gasteiger partial charge on any atom is -0.480 e. The highest BCUT2D eigenvalue weighted by Gasteiger charge is 2.42. The van der Waals surface area contributed by atoms with Crippen LogP contribution < -0.4 is 0 Å². The normalized spacial score (nSPS) is 34.8. The van der Waals surface area contributed by atoms with Crippen molar-refractivity contribution in [1.82, 2.24) is 0 Å². The number of hydrogen-bond donors (Lipinski definition) is 1. The molecule has 2 atom stereocenters. The third kappa shape index (κ3) is 1.68. The topological polar surface area (TPSA) is 54.4 Å². The second kappa shape index (κ2) is 3.25. The van der Waals surface area contributed by atoms with Crippen molar-refractivity contribution in [1.29, 1.82) is 0 Å². The van der Waals surface area contributed by atoms with Gasteiger partial charge < -0.3 is 5.11 Å². The quantitative estimate of drug-likeness (QED) is 0.652. The molecule has 0 aromatic heterocycles. The molecule has 1 aliphatic heterocycles. The zero-order valence-corrected chi connectivity index (χ0v) is 8.90. The van der Waals surface area contributed by atoms with Crippen molar-refractivity contribution in [3.05, 3.63) is 11.1 Å². The van der Waals surface area contributed by atoms with E-state index in [9.17, 15) is 9.00 Å². The Hall–Kier alpha value is -0.640. The van der Waals surface area contributed by atoms with Crippen LogP contribution in [0.1, 0.15) is 27.2 Å². The van der Waals surface area contributed by atoms with Gasteiger partial charge in [0.2, 0.25) is 0 Å². The van der Waals surface area contributed by atoms with Crippen LogP contribution in [-0.2, 0) is 15.6 Å². The minimum absolute atomic E-state index is 0.397. The fourth-order valence-electron chi connectivity index (χ4n) is 1.39. The maximum Gasteiger partial charge on any atom is 0.322 e. The summed E-state index contributed by atoms with van der Waals surface area (Å²) in [5.74, 6) is -0.563. The van der Waals surface area contributed by atoms with Crippen LogP contribution in [0.4, 0.5) is 0 Å². The molecule has 1 unspecified atom stereocenters. The van der Waals surface area contributed by atoms with Gasteiger partial charge in [0.05, 0.1) is 0 Å². The first-order valence-electron chi connectivity index (χ1n) is 4.15. The van der Waals surface area contributed by atoms with Gasteiger partial charge in [0.25, 0.3) is 0 Å². The van der Waals surface area contributed by atoms with E-state index in [-0.39, 0.29) is 0 Å². The Labute approximate surface area is 80.3 Å². The lowest BCUT2D eigenvalue weighted by Crippen LogP contribution is -2.43. The molecule has 3 nitrogen and oxygen atoms in total. The average Bonchev–Trinajstić information content (AvgIpc) is 2.01. The fourth-order valence-corrected chi connectivity index (χ4v) is 2.92. The van der Waals surface area contributed by atoms with Crippen LogP contribution in [0.5, 0.6) is 0 Å². The molecule has 0 aromatic carbocycles. The molecule has 0 saturated heterocycles. The van der Waals surface area contributed by atoms with E-state index in [1.807, 2.05) is 13.8 Å². The Balaban J connectivity index is 3.07. The van der Waals surface area contributed by atoms with Crippen LogP contribution in [0, 0.1) is 0 Å². The Bertz CT molecular complexity index is 306. The summed E-state index contributed by atoms with van der Waals surface area (Å²) in [5, 5.41) is 8.96. The highest BCUT2D eigenvalue weighted by molar-refractivity contribution is 7.87. The molecule has 1 aliphatic rings. The molecule has 0 radical (unpaired) electrons. The highest BCUT2D eigenvalue weighted by atomic mass is 32.2. The second-order valence-electron chi connectivity index (χ2n) is 3.76. The largest absolute Gasteiger partial charge is 0.480 e. The van der Waals surface area contributed by atoms with Gasteiger partial charge in [0, 0.05) is 16.6 Å². The van der Waals surface area contributed by atoms with Gasteiger partial charge in [-0.1, -0.05) is 11.1 Å². The van der Waals surface area contributed by atoms with Gasteiger partial charge in [0.1, 0.15) is 4.75 Å². The van der Waals surface area contributed by atoms with E-state index in [0.717, 1.165) is 11.1 Å². The van der Waals surface area contributed by atoms with Crippen LogP contribution >= 0.6 is 0 Å². The van der Waals surface area contributed by atoms with Gasteiger partial charge in [-0.25, -0.2) is 0 Å². The first kappa shape index (κ1) is 10.4. The molecule has 4 heteroatoms. The Morgan fingerprint density at radius 1 is 1.46 bits per heavy atom. The maximum absolute atomic E-state index is 11.6. The summed E-state index contributed by atoms with van der Waals surface area (Å²) >= 11 is 0. The molecule has 1 heterocycles. The van der Waals surface area contributed by atoms with Gasteiger partial charge in [-0.2, -0.15) is 0 Å². The number of allylic oxidation sites excluding steroid dienone is 1. The first-order chi connectivity index (χ1) is 5.88. The fraction of sp³-hybridized carbons (Fsp3) is 0.667. The predicted molar refractivity (Wildman–Crippen MR) is 52.0 cm³/mol. The molecule has 0 fully saturated rings. The molecule has 1 rings (SSSR count). The van der Waals surface area contributed by atoms with Crippen molar-refractivity contribution in [2.24, 2.45) is 0 Å². The van der Waals surface area contributed by atoms with Gasteiger partial charge >= 0.3 is 5.97 Å². The summed E-state index contributed by atoms with van der Waals surface area (Å²) in [6.45, 7) is 5.38. The molecular weight excluding hydrogens is 188 g/mol. The summed E-state index contributed by atoms with van der Waals surface area (Å²) in [6, 6.07) is 0. The maximum atomic E-state index is 11.6. The summed E-state index contributed by atoms with van der Waals surface area (Å²) < 4.78 is 10.5. The second-order valence-corrected chi connectivity index (χ2v) is 5.64. The number of aliphatic carboxylic acids is 1. The number of carboxylic acid groups (broad SMARTS) is 1.